The molecule has 0 unspecified atom stereocenters. The van der Waals surface area contributed by atoms with E-state index >= 15 is 0 Å². The molecule has 0 radical (unpaired) electrons. The second kappa shape index (κ2) is 5.31. The van der Waals surface area contributed by atoms with E-state index in [2.05, 4.69) is 0 Å². The fraction of sp³-hybridized carbons (Fsp3) is 0.467. The summed E-state index contributed by atoms with van der Waals surface area (Å²) in [5, 5.41) is 9.06. The predicted octanol–water partition coefficient (Wildman–Crippen LogP) is 2.82. The average molecular weight is 260 g/mol. The van der Waals surface area contributed by atoms with E-state index in [-0.39, 0.29) is 5.91 Å². The summed E-state index contributed by atoms with van der Waals surface area (Å²) >= 11 is 0. The number of ether oxygens (including phenoxy) is 1. The largest absolute Gasteiger partial charge is 0.495 e. The van der Waals surface area contributed by atoms with Crippen molar-refractivity contribution in [3.63, 3.8) is 0 Å². The first-order chi connectivity index (χ1) is 8.74. The minimum atomic E-state index is -1.06. The van der Waals surface area contributed by atoms with Crippen molar-refractivity contribution < 1.29 is 9.53 Å². The highest BCUT2D eigenvalue weighted by Crippen LogP contribution is 2.32. The summed E-state index contributed by atoms with van der Waals surface area (Å²) in [6.45, 7) is 7.19. The monoisotopic (exact) mass is 260 g/mol. The first-order valence-corrected chi connectivity index (χ1v) is 6.09. The van der Waals surface area contributed by atoms with Crippen LogP contribution in [0.4, 0.5) is 5.69 Å². The standard InChI is InChI=1S/C15H20N2O2/c1-10-7-12(13(19-6)8-11(10)2)17(5)14(18)15(3,4)9-16/h7-8H,1-6H3. The summed E-state index contributed by atoms with van der Waals surface area (Å²) in [6.07, 6.45) is 0. The van der Waals surface area contributed by atoms with Gasteiger partial charge in [-0.05, 0) is 51.0 Å². The van der Waals surface area contributed by atoms with Crippen LogP contribution in [0, 0.1) is 30.6 Å². The molecular weight excluding hydrogens is 240 g/mol. The van der Waals surface area contributed by atoms with E-state index in [0.29, 0.717) is 11.4 Å². The number of benzene rings is 1. The number of hydrogen-bond donors (Lipinski definition) is 0. The summed E-state index contributed by atoms with van der Waals surface area (Å²) in [7, 11) is 3.23. The van der Waals surface area contributed by atoms with Crippen molar-refractivity contribution in [3.8, 4) is 11.8 Å². The average Bonchev–Trinajstić information content (AvgIpc) is 2.39. The molecule has 1 aromatic carbocycles. The summed E-state index contributed by atoms with van der Waals surface area (Å²) < 4.78 is 5.32. The zero-order valence-electron chi connectivity index (χ0n) is 12.4. The van der Waals surface area contributed by atoms with Crippen LogP contribution in [0.25, 0.3) is 0 Å². The Hall–Kier alpha value is -2.02. The molecule has 0 saturated heterocycles. The molecule has 19 heavy (non-hydrogen) atoms. The lowest BCUT2D eigenvalue weighted by molar-refractivity contribution is -0.123. The van der Waals surface area contributed by atoms with Gasteiger partial charge in [-0.2, -0.15) is 5.26 Å². The van der Waals surface area contributed by atoms with Crippen molar-refractivity contribution in [2.24, 2.45) is 5.41 Å². The van der Waals surface area contributed by atoms with Crippen LogP contribution in [0.1, 0.15) is 25.0 Å². The summed E-state index contributed by atoms with van der Waals surface area (Å²) in [5.41, 5.74) is 1.79. The molecule has 4 heteroatoms. The van der Waals surface area contributed by atoms with Crippen molar-refractivity contribution in [2.45, 2.75) is 27.7 Å². The van der Waals surface area contributed by atoms with Gasteiger partial charge in [-0.15, -0.1) is 0 Å². The van der Waals surface area contributed by atoms with Gasteiger partial charge in [-0.25, -0.2) is 0 Å². The number of nitrogens with zero attached hydrogens (tertiary/aromatic N) is 2. The number of hydrogen-bond acceptors (Lipinski definition) is 3. The Morgan fingerprint density at radius 2 is 1.84 bits per heavy atom. The van der Waals surface area contributed by atoms with Gasteiger partial charge in [0.2, 0.25) is 5.91 Å². The number of amides is 1. The molecule has 0 fully saturated rings. The van der Waals surface area contributed by atoms with Gasteiger partial charge in [0.25, 0.3) is 0 Å². The van der Waals surface area contributed by atoms with Gasteiger partial charge in [0.15, 0.2) is 0 Å². The Bertz CT molecular complexity index is 542. The van der Waals surface area contributed by atoms with E-state index in [1.165, 1.54) is 4.90 Å². The third-order valence-electron chi connectivity index (χ3n) is 3.28. The maximum Gasteiger partial charge on any atom is 0.246 e. The lowest BCUT2D eigenvalue weighted by atomic mass is 9.93. The molecule has 0 atom stereocenters. The van der Waals surface area contributed by atoms with E-state index in [4.69, 9.17) is 10.00 Å². The van der Waals surface area contributed by atoms with Crippen molar-refractivity contribution in [2.75, 3.05) is 19.1 Å². The minimum absolute atomic E-state index is 0.253. The molecule has 0 aromatic heterocycles. The summed E-state index contributed by atoms with van der Waals surface area (Å²) in [4.78, 5) is 13.8. The Morgan fingerprint density at radius 3 is 2.32 bits per heavy atom. The number of rotatable bonds is 3. The second-order valence-electron chi connectivity index (χ2n) is 5.21. The van der Waals surface area contributed by atoms with Gasteiger partial charge in [0.05, 0.1) is 18.9 Å². The first kappa shape index (κ1) is 15.0. The summed E-state index contributed by atoms with van der Waals surface area (Å²) in [5.74, 6) is 0.379. The number of aryl methyl sites for hydroxylation is 2. The topological polar surface area (TPSA) is 53.3 Å². The van der Waals surface area contributed by atoms with Gasteiger partial charge in [-0.3, -0.25) is 4.79 Å². The highest BCUT2D eigenvalue weighted by molar-refractivity contribution is 5.99. The van der Waals surface area contributed by atoms with Crippen molar-refractivity contribution in [3.05, 3.63) is 23.3 Å². The van der Waals surface area contributed by atoms with Crippen molar-refractivity contribution in [1.29, 1.82) is 5.26 Å². The van der Waals surface area contributed by atoms with Crippen LogP contribution < -0.4 is 9.64 Å². The van der Waals surface area contributed by atoms with Crippen LogP contribution in [0.5, 0.6) is 5.75 Å². The number of nitriles is 1. The third-order valence-corrected chi connectivity index (χ3v) is 3.28. The zero-order valence-corrected chi connectivity index (χ0v) is 12.4. The first-order valence-electron chi connectivity index (χ1n) is 6.09. The quantitative estimate of drug-likeness (QED) is 0.839. The molecule has 0 aliphatic rings. The molecule has 1 rings (SSSR count). The van der Waals surface area contributed by atoms with E-state index in [1.807, 2.05) is 32.0 Å². The molecule has 0 N–H and O–H groups in total. The Balaban J connectivity index is 3.27. The number of anilines is 1. The predicted molar refractivity (Wildman–Crippen MR) is 75.3 cm³/mol. The molecule has 0 spiro atoms. The van der Waals surface area contributed by atoms with Crippen LogP contribution in [0.2, 0.25) is 0 Å². The molecule has 1 amide bonds. The van der Waals surface area contributed by atoms with Gasteiger partial charge in [-0.1, -0.05) is 0 Å². The zero-order chi connectivity index (χ0) is 14.8. The Kier molecular flexibility index (Phi) is 4.21. The lowest BCUT2D eigenvalue weighted by Crippen LogP contribution is -2.37. The molecule has 0 aliphatic carbocycles. The van der Waals surface area contributed by atoms with E-state index in [9.17, 15) is 4.79 Å². The fourth-order valence-corrected chi connectivity index (χ4v) is 1.78. The molecule has 0 saturated carbocycles. The Morgan fingerprint density at radius 1 is 1.32 bits per heavy atom. The van der Waals surface area contributed by atoms with Crippen LogP contribution in [0.15, 0.2) is 12.1 Å². The van der Waals surface area contributed by atoms with Crippen LogP contribution in [-0.2, 0) is 4.79 Å². The van der Waals surface area contributed by atoms with Gasteiger partial charge in [0.1, 0.15) is 11.2 Å². The second-order valence-corrected chi connectivity index (χ2v) is 5.21. The van der Waals surface area contributed by atoms with Gasteiger partial charge >= 0.3 is 0 Å². The highest BCUT2D eigenvalue weighted by atomic mass is 16.5. The molecule has 0 heterocycles. The van der Waals surface area contributed by atoms with E-state index in [0.717, 1.165) is 11.1 Å². The van der Waals surface area contributed by atoms with Crippen LogP contribution in [0.3, 0.4) is 0 Å². The molecular formula is C15H20N2O2. The Labute approximate surface area is 114 Å². The van der Waals surface area contributed by atoms with Gasteiger partial charge < -0.3 is 9.64 Å². The number of carbonyl (C=O) groups excluding carboxylic acids is 1. The van der Waals surface area contributed by atoms with Crippen molar-refractivity contribution in [1.82, 2.24) is 0 Å². The molecule has 102 valence electrons. The molecule has 4 nitrogen and oxygen atoms in total. The molecule has 1 aromatic rings. The van der Waals surface area contributed by atoms with Crippen LogP contribution >= 0.6 is 0 Å². The fourth-order valence-electron chi connectivity index (χ4n) is 1.78. The number of carbonyl (C=O) groups is 1. The highest BCUT2D eigenvalue weighted by Gasteiger charge is 2.32. The normalized spacial score (nSPS) is 10.8. The minimum Gasteiger partial charge on any atom is -0.495 e. The lowest BCUT2D eigenvalue weighted by Gasteiger charge is -2.26. The van der Waals surface area contributed by atoms with Gasteiger partial charge in [0, 0.05) is 7.05 Å². The maximum atomic E-state index is 12.3. The summed E-state index contributed by atoms with van der Waals surface area (Å²) in [6, 6.07) is 5.82. The SMILES string of the molecule is COc1cc(C)c(C)cc1N(C)C(=O)C(C)(C)C#N. The molecule has 0 aliphatic heterocycles. The maximum absolute atomic E-state index is 12.3. The van der Waals surface area contributed by atoms with E-state index < -0.39 is 5.41 Å². The number of methoxy groups -OCH3 is 1. The molecule has 0 bridgehead atoms. The third kappa shape index (κ3) is 2.87. The van der Waals surface area contributed by atoms with Crippen molar-refractivity contribution >= 4 is 11.6 Å². The van der Waals surface area contributed by atoms with E-state index in [1.54, 1.807) is 28.0 Å². The smallest absolute Gasteiger partial charge is 0.246 e. The van der Waals surface area contributed by atoms with Crippen LogP contribution in [-0.4, -0.2) is 20.1 Å².